The summed E-state index contributed by atoms with van der Waals surface area (Å²) < 4.78 is 10.8. The van der Waals surface area contributed by atoms with Gasteiger partial charge in [0.2, 0.25) is 0 Å². The van der Waals surface area contributed by atoms with Gasteiger partial charge in [0, 0.05) is 26.2 Å². The van der Waals surface area contributed by atoms with Crippen molar-refractivity contribution in [3.05, 3.63) is 95.6 Å². The van der Waals surface area contributed by atoms with Gasteiger partial charge in [-0.05, 0) is 28.8 Å². The first-order chi connectivity index (χ1) is 15.7. The average Bonchev–Trinajstić information content (AvgIpc) is 2.87. The van der Waals surface area contributed by atoms with Crippen LogP contribution < -0.4 is 9.47 Å². The Kier molecular flexibility index (Phi) is 11.2. The van der Waals surface area contributed by atoms with E-state index in [0.717, 1.165) is 31.7 Å². The molecule has 1 heterocycles. The van der Waals surface area contributed by atoms with E-state index >= 15 is 0 Å². The van der Waals surface area contributed by atoms with Crippen molar-refractivity contribution in [3.63, 3.8) is 0 Å². The molecule has 0 spiro atoms. The molecule has 0 bridgehead atoms. The number of benzene rings is 3. The Bertz CT molecular complexity index is 944. The third-order valence-electron chi connectivity index (χ3n) is 6.35. The minimum atomic E-state index is -0.0659. The lowest BCUT2D eigenvalue weighted by molar-refractivity contribution is 0.0531. The molecule has 0 saturated carbocycles. The minimum Gasteiger partial charge on any atom is -0.493 e. The Morgan fingerprint density at radius 2 is 1.18 bits per heavy atom. The van der Waals surface area contributed by atoms with E-state index in [4.69, 9.17) is 9.47 Å². The molecule has 1 N–H and O–H groups in total. The van der Waals surface area contributed by atoms with Crippen LogP contribution in [-0.4, -0.2) is 61.9 Å². The second-order valence-corrected chi connectivity index (χ2v) is 8.11. The third-order valence-corrected chi connectivity index (χ3v) is 6.35. The van der Waals surface area contributed by atoms with Crippen molar-refractivity contribution < 1.29 is 14.6 Å². The predicted octanol–water partition coefficient (Wildman–Crippen LogP) is 4.99. The number of nitrogens with zero attached hydrogens (tertiary/aromatic N) is 2. The van der Waals surface area contributed by atoms with Crippen LogP contribution in [0, 0.1) is 0 Å². The summed E-state index contributed by atoms with van der Waals surface area (Å²) in [6.45, 7) is 3.69. The lowest BCUT2D eigenvalue weighted by Gasteiger charge is -2.42. The highest BCUT2D eigenvalue weighted by Crippen LogP contribution is 2.34. The van der Waals surface area contributed by atoms with Gasteiger partial charge in [-0.3, -0.25) is 9.80 Å². The summed E-state index contributed by atoms with van der Waals surface area (Å²) in [5, 5.41) is 10.2. The minimum absolute atomic E-state index is 0. The van der Waals surface area contributed by atoms with Gasteiger partial charge in [-0.15, -0.1) is 24.8 Å². The number of ether oxygens (including phenoxy) is 2. The number of hydrogen-bond donors (Lipinski definition) is 1. The molecular weight excluding hydrogens is 471 g/mol. The van der Waals surface area contributed by atoms with Crippen molar-refractivity contribution in [1.29, 1.82) is 0 Å². The highest BCUT2D eigenvalue weighted by atomic mass is 35.5. The monoisotopic (exact) mass is 504 g/mol. The van der Waals surface area contributed by atoms with Crippen LogP contribution in [0.4, 0.5) is 0 Å². The lowest BCUT2D eigenvalue weighted by atomic mass is 9.96. The maximum Gasteiger partial charge on any atom is 0.161 e. The highest BCUT2D eigenvalue weighted by Gasteiger charge is 2.30. The molecule has 0 amide bonds. The van der Waals surface area contributed by atoms with Gasteiger partial charge >= 0.3 is 0 Å². The largest absolute Gasteiger partial charge is 0.493 e. The van der Waals surface area contributed by atoms with E-state index in [0.29, 0.717) is 11.5 Å². The summed E-state index contributed by atoms with van der Waals surface area (Å²) >= 11 is 0. The van der Waals surface area contributed by atoms with Gasteiger partial charge in [-0.25, -0.2) is 0 Å². The molecule has 0 aliphatic carbocycles. The fraction of sp³-hybridized carbons (Fsp3) is 0.333. The molecule has 3 aromatic carbocycles. The van der Waals surface area contributed by atoms with E-state index in [9.17, 15) is 5.11 Å². The molecule has 1 fully saturated rings. The molecule has 1 aliphatic rings. The Morgan fingerprint density at radius 1 is 0.676 bits per heavy atom. The second-order valence-electron chi connectivity index (χ2n) is 8.11. The number of halogens is 2. The molecule has 3 aromatic rings. The number of hydrogen-bond acceptors (Lipinski definition) is 5. The fourth-order valence-corrected chi connectivity index (χ4v) is 4.68. The van der Waals surface area contributed by atoms with Gasteiger partial charge in [0.1, 0.15) is 0 Å². The zero-order chi connectivity index (χ0) is 22.3. The summed E-state index contributed by atoms with van der Waals surface area (Å²) in [5.74, 6) is 1.39. The van der Waals surface area contributed by atoms with Crippen LogP contribution in [0.25, 0.3) is 0 Å². The lowest BCUT2D eigenvalue weighted by Crippen LogP contribution is -2.49. The van der Waals surface area contributed by atoms with Crippen LogP contribution in [0.3, 0.4) is 0 Å². The molecule has 1 atom stereocenters. The molecule has 0 radical (unpaired) electrons. The zero-order valence-electron chi connectivity index (χ0n) is 19.7. The van der Waals surface area contributed by atoms with Crippen LogP contribution in [0.15, 0.2) is 78.9 Å². The molecule has 5 nitrogen and oxygen atoms in total. The molecular formula is C27H34Cl2N2O3. The van der Waals surface area contributed by atoms with Crippen molar-refractivity contribution in [2.45, 2.75) is 12.1 Å². The van der Waals surface area contributed by atoms with Crippen molar-refractivity contribution in [2.24, 2.45) is 0 Å². The maximum atomic E-state index is 10.2. The van der Waals surface area contributed by atoms with Gasteiger partial charge < -0.3 is 14.6 Å². The molecule has 4 rings (SSSR count). The molecule has 1 unspecified atom stereocenters. The van der Waals surface area contributed by atoms with Crippen molar-refractivity contribution >= 4 is 24.8 Å². The predicted molar refractivity (Wildman–Crippen MR) is 142 cm³/mol. The van der Waals surface area contributed by atoms with Gasteiger partial charge in [0.05, 0.1) is 32.9 Å². The number of methoxy groups -OCH3 is 2. The maximum absolute atomic E-state index is 10.2. The number of rotatable bonds is 8. The second kappa shape index (κ2) is 13.6. The standard InChI is InChI=1S/C27H32N2O3.2ClH/c1-31-25-14-13-23(19-26(25)32-2)24(20-30)28-15-17-29(18-16-28)27(21-9-5-3-6-10-21)22-11-7-4-8-12-22;;/h3-14,19,24,27,30H,15-18,20H2,1-2H3;2*1H. The molecule has 7 heteroatoms. The quantitative estimate of drug-likeness (QED) is 0.468. The third kappa shape index (κ3) is 6.23. The Labute approximate surface area is 215 Å². The molecule has 184 valence electrons. The summed E-state index contributed by atoms with van der Waals surface area (Å²) in [7, 11) is 3.28. The summed E-state index contributed by atoms with van der Waals surface area (Å²) in [6.07, 6.45) is 0. The average molecular weight is 505 g/mol. The van der Waals surface area contributed by atoms with Gasteiger partial charge in [0.15, 0.2) is 11.5 Å². The number of aliphatic hydroxyl groups is 1. The SMILES string of the molecule is COc1ccc(C(CO)N2CCN(C(c3ccccc3)c3ccccc3)CC2)cc1OC.Cl.Cl. The zero-order valence-corrected chi connectivity index (χ0v) is 21.3. The van der Waals surface area contributed by atoms with Gasteiger partial charge in [-0.1, -0.05) is 66.7 Å². The van der Waals surface area contributed by atoms with Crippen LogP contribution in [-0.2, 0) is 0 Å². The number of piperazine rings is 1. The Morgan fingerprint density at radius 3 is 1.65 bits per heavy atom. The van der Waals surface area contributed by atoms with E-state index in [1.54, 1.807) is 14.2 Å². The van der Waals surface area contributed by atoms with Gasteiger partial charge in [0.25, 0.3) is 0 Å². The molecule has 0 aromatic heterocycles. The smallest absolute Gasteiger partial charge is 0.161 e. The fourth-order valence-electron chi connectivity index (χ4n) is 4.68. The van der Waals surface area contributed by atoms with Crippen molar-refractivity contribution in [3.8, 4) is 11.5 Å². The normalized spacial score (nSPS) is 15.2. The number of aliphatic hydroxyl groups excluding tert-OH is 1. The van der Waals surface area contributed by atoms with Crippen LogP contribution in [0.1, 0.15) is 28.8 Å². The van der Waals surface area contributed by atoms with E-state index < -0.39 is 0 Å². The van der Waals surface area contributed by atoms with Crippen LogP contribution in [0.5, 0.6) is 11.5 Å². The van der Waals surface area contributed by atoms with Gasteiger partial charge in [-0.2, -0.15) is 0 Å². The van der Waals surface area contributed by atoms with E-state index in [1.165, 1.54) is 11.1 Å². The van der Waals surface area contributed by atoms with Crippen LogP contribution in [0.2, 0.25) is 0 Å². The van der Waals surface area contributed by atoms with E-state index in [1.807, 2.05) is 18.2 Å². The van der Waals surface area contributed by atoms with Crippen molar-refractivity contribution in [2.75, 3.05) is 47.0 Å². The topological polar surface area (TPSA) is 45.2 Å². The first-order valence-electron chi connectivity index (χ1n) is 11.2. The van der Waals surface area contributed by atoms with E-state index in [2.05, 4.69) is 70.5 Å². The molecule has 1 saturated heterocycles. The first kappa shape index (κ1) is 28.0. The first-order valence-corrected chi connectivity index (χ1v) is 11.2. The molecule has 1 aliphatic heterocycles. The van der Waals surface area contributed by atoms with Crippen molar-refractivity contribution in [1.82, 2.24) is 9.80 Å². The summed E-state index contributed by atoms with van der Waals surface area (Å²) in [5.41, 5.74) is 3.66. The highest BCUT2D eigenvalue weighted by molar-refractivity contribution is 5.85. The Hall–Kier alpha value is -2.28. The summed E-state index contributed by atoms with van der Waals surface area (Å²) in [6, 6.07) is 27.5. The van der Waals surface area contributed by atoms with Crippen LogP contribution >= 0.6 is 24.8 Å². The van der Waals surface area contributed by atoms with E-state index in [-0.39, 0.29) is 43.5 Å². The molecule has 34 heavy (non-hydrogen) atoms. The Balaban J connectivity index is 0.00000204. The summed E-state index contributed by atoms with van der Waals surface area (Å²) in [4.78, 5) is 4.91.